The Morgan fingerprint density at radius 1 is 1.03 bits per heavy atom. The van der Waals surface area contributed by atoms with Crippen LogP contribution < -0.4 is 21.5 Å². The molecule has 0 saturated heterocycles. The molecule has 0 fully saturated rings. The van der Waals surface area contributed by atoms with Gasteiger partial charge in [-0.15, -0.1) is 11.3 Å². The van der Waals surface area contributed by atoms with E-state index in [1.165, 1.54) is 15.9 Å². The van der Waals surface area contributed by atoms with Crippen molar-refractivity contribution in [3.8, 4) is 5.69 Å². The number of carbonyl (C=O) groups is 1. The first-order valence-electron chi connectivity index (χ1n) is 10.1. The SMILES string of the molecule is Cc1ccc(-n2c(=O)c3sccc3n(CC(=O)Nc3ccc(N(C)C)cc3)c2=O)c(C)c1. The number of amides is 1. The maximum atomic E-state index is 13.4. The van der Waals surface area contributed by atoms with Crippen molar-refractivity contribution in [3.63, 3.8) is 0 Å². The van der Waals surface area contributed by atoms with E-state index in [-0.39, 0.29) is 18.0 Å². The highest BCUT2D eigenvalue weighted by Crippen LogP contribution is 2.19. The van der Waals surface area contributed by atoms with Gasteiger partial charge in [0.15, 0.2) is 0 Å². The van der Waals surface area contributed by atoms with E-state index < -0.39 is 5.69 Å². The van der Waals surface area contributed by atoms with Gasteiger partial charge in [-0.25, -0.2) is 9.36 Å². The number of hydrogen-bond donors (Lipinski definition) is 1. The molecule has 1 N–H and O–H groups in total. The van der Waals surface area contributed by atoms with E-state index in [0.717, 1.165) is 21.4 Å². The summed E-state index contributed by atoms with van der Waals surface area (Å²) in [6, 6.07) is 14.7. The monoisotopic (exact) mass is 448 g/mol. The molecular formula is C24H24N4O3S. The number of rotatable bonds is 5. The first-order chi connectivity index (χ1) is 15.3. The van der Waals surface area contributed by atoms with E-state index in [0.29, 0.717) is 21.6 Å². The van der Waals surface area contributed by atoms with Gasteiger partial charge in [0.1, 0.15) is 11.2 Å². The van der Waals surface area contributed by atoms with E-state index in [1.807, 2.05) is 69.2 Å². The van der Waals surface area contributed by atoms with Crippen molar-refractivity contribution < 1.29 is 4.79 Å². The van der Waals surface area contributed by atoms with Crippen LogP contribution in [0.25, 0.3) is 15.9 Å². The third-order valence-corrected chi connectivity index (χ3v) is 6.21. The van der Waals surface area contributed by atoms with Crippen molar-refractivity contribution in [2.45, 2.75) is 20.4 Å². The molecule has 7 nitrogen and oxygen atoms in total. The molecule has 2 aromatic heterocycles. The number of aromatic nitrogens is 2. The normalized spacial score (nSPS) is 11.0. The summed E-state index contributed by atoms with van der Waals surface area (Å²) in [4.78, 5) is 41.3. The zero-order chi connectivity index (χ0) is 23.0. The molecule has 0 spiro atoms. The van der Waals surface area contributed by atoms with Crippen LogP contribution in [-0.4, -0.2) is 29.1 Å². The first kappa shape index (κ1) is 21.6. The molecule has 2 aromatic carbocycles. The van der Waals surface area contributed by atoms with E-state index in [9.17, 15) is 14.4 Å². The van der Waals surface area contributed by atoms with Crippen LogP contribution in [0.3, 0.4) is 0 Å². The van der Waals surface area contributed by atoms with Crippen LogP contribution in [0.15, 0.2) is 63.5 Å². The highest BCUT2D eigenvalue weighted by molar-refractivity contribution is 7.17. The largest absolute Gasteiger partial charge is 0.378 e. The molecule has 0 atom stereocenters. The van der Waals surface area contributed by atoms with Gasteiger partial charge in [0.05, 0.1) is 11.2 Å². The van der Waals surface area contributed by atoms with Gasteiger partial charge >= 0.3 is 5.69 Å². The van der Waals surface area contributed by atoms with E-state index in [4.69, 9.17) is 0 Å². The van der Waals surface area contributed by atoms with Crippen LogP contribution in [0, 0.1) is 13.8 Å². The third-order valence-electron chi connectivity index (χ3n) is 5.32. The molecule has 4 rings (SSSR count). The average Bonchev–Trinajstić information content (AvgIpc) is 3.23. The summed E-state index contributed by atoms with van der Waals surface area (Å²) in [5.74, 6) is -0.344. The summed E-state index contributed by atoms with van der Waals surface area (Å²) in [5.41, 5.74) is 3.58. The van der Waals surface area contributed by atoms with Crippen LogP contribution in [-0.2, 0) is 11.3 Å². The molecule has 0 unspecified atom stereocenters. The zero-order valence-electron chi connectivity index (χ0n) is 18.4. The topological polar surface area (TPSA) is 76.3 Å². The van der Waals surface area contributed by atoms with Gasteiger partial charge < -0.3 is 10.2 Å². The Labute approximate surface area is 189 Å². The number of nitrogens with zero attached hydrogens (tertiary/aromatic N) is 3. The fourth-order valence-corrected chi connectivity index (χ4v) is 4.52. The van der Waals surface area contributed by atoms with Crippen molar-refractivity contribution in [2.75, 3.05) is 24.3 Å². The van der Waals surface area contributed by atoms with Crippen LogP contribution in [0.2, 0.25) is 0 Å². The fourth-order valence-electron chi connectivity index (χ4n) is 3.70. The Morgan fingerprint density at radius 3 is 2.41 bits per heavy atom. The summed E-state index contributed by atoms with van der Waals surface area (Å²) in [6.45, 7) is 3.61. The number of nitrogens with one attached hydrogen (secondary N) is 1. The van der Waals surface area contributed by atoms with Gasteiger partial charge in [-0.05, 0) is 61.2 Å². The van der Waals surface area contributed by atoms with Gasteiger partial charge in [-0.1, -0.05) is 17.7 Å². The standard InChI is InChI=1S/C24H24N4O3S/c1-15-5-10-19(16(2)13-15)28-23(30)22-20(11-12-32-22)27(24(28)31)14-21(29)25-17-6-8-18(9-7-17)26(3)4/h5-13H,14H2,1-4H3,(H,25,29). The van der Waals surface area contributed by atoms with E-state index in [1.54, 1.807) is 17.5 Å². The first-order valence-corrected chi connectivity index (χ1v) is 11.0. The maximum Gasteiger partial charge on any atom is 0.336 e. The molecule has 4 aromatic rings. The van der Waals surface area contributed by atoms with Gasteiger partial charge in [0.2, 0.25) is 5.91 Å². The second kappa shape index (κ2) is 8.47. The molecule has 2 heterocycles. The van der Waals surface area contributed by atoms with E-state index in [2.05, 4.69) is 5.32 Å². The van der Waals surface area contributed by atoms with Gasteiger partial charge in [0, 0.05) is 25.5 Å². The molecule has 164 valence electrons. The van der Waals surface area contributed by atoms with Gasteiger partial charge in [0.25, 0.3) is 5.56 Å². The number of aryl methyl sites for hydroxylation is 2. The molecule has 0 aliphatic carbocycles. The lowest BCUT2D eigenvalue weighted by atomic mass is 10.1. The van der Waals surface area contributed by atoms with Crippen LogP contribution in [0.1, 0.15) is 11.1 Å². The lowest BCUT2D eigenvalue weighted by Crippen LogP contribution is -2.40. The van der Waals surface area contributed by atoms with Crippen molar-refractivity contribution in [1.29, 1.82) is 0 Å². The molecule has 0 aliphatic heterocycles. The summed E-state index contributed by atoms with van der Waals surface area (Å²) < 4.78 is 2.95. The predicted molar refractivity (Wildman–Crippen MR) is 131 cm³/mol. The summed E-state index contributed by atoms with van der Waals surface area (Å²) in [7, 11) is 3.88. The molecule has 0 aliphatic rings. The molecule has 8 heteroatoms. The Kier molecular flexibility index (Phi) is 5.71. The number of fused-ring (bicyclic) bond motifs is 1. The minimum absolute atomic E-state index is 0.202. The van der Waals surface area contributed by atoms with Crippen molar-refractivity contribution in [1.82, 2.24) is 9.13 Å². The Balaban J connectivity index is 1.74. The number of anilines is 2. The summed E-state index contributed by atoms with van der Waals surface area (Å²) in [5, 5.41) is 4.59. The molecule has 1 amide bonds. The lowest BCUT2D eigenvalue weighted by Gasteiger charge is -2.15. The van der Waals surface area contributed by atoms with Crippen LogP contribution >= 0.6 is 11.3 Å². The predicted octanol–water partition coefficient (Wildman–Crippen LogP) is 3.54. The van der Waals surface area contributed by atoms with Crippen molar-refractivity contribution in [3.05, 3.63) is 85.9 Å². The summed E-state index contributed by atoms with van der Waals surface area (Å²) in [6.07, 6.45) is 0. The Morgan fingerprint density at radius 2 is 1.75 bits per heavy atom. The minimum atomic E-state index is -0.536. The van der Waals surface area contributed by atoms with Crippen LogP contribution in [0.4, 0.5) is 11.4 Å². The fraction of sp³-hybridized carbons (Fsp3) is 0.208. The number of benzene rings is 2. The number of hydrogen-bond acceptors (Lipinski definition) is 5. The van der Waals surface area contributed by atoms with E-state index >= 15 is 0 Å². The highest BCUT2D eigenvalue weighted by atomic mass is 32.1. The smallest absolute Gasteiger partial charge is 0.336 e. The Hall–Kier alpha value is -3.65. The Bertz CT molecular complexity index is 1430. The number of thiophene rings is 1. The lowest BCUT2D eigenvalue weighted by molar-refractivity contribution is -0.116. The average molecular weight is 449 g/mol. The molecule has 0 bridgehead atoms. The third kappa shape index (κ3) is 3.97. The van der Waals surface area contributed by atoms with Crippen molar-refractivity contribution >= 4 is 38.8 Å². The second-order valence-corrected chi connectivity index (χ2v) is 8.84. The van der Waals surface area contributed by atoms with Crippen molar-refractivity contribution in [2.24, 2.45) is 0 Å². The molecule has 32 heavy (non-hydrogen) atoms. The van der Waals surface area contributed by atoms with Gasteiger partial charge in [-0.2, -0.15) is 0 Å². The van der Waals surface area contributed by atoms with Gasteiger partial charge in [-0.3, -0.25) is 14.2 Å². The highest BCUT2D eigenvalue weighted by Gasteiger charge is 2.18. The zero-order valence-corrected chi connectivity index (χ0v) is 19.2. The quantitative estimate of drug-likeness (QED) is 0.507. The molecule has 0 radical (unpaired) electrons. The minimum Gasteiger partial charge on any atom is -0.378 e. The van der Waals surface area contributed by atoms with Crippen LogP contribution in [0.5, 0.6) is 0 Å². The molecular weight excluding hydrogens is 424 g/mol. The number of carbonyl (C=O) groups excluding carboxylic acids is 1. The molecule has 0 saturated carbocycles. The summed E-state index contributed by atoms with van der Waals surface area (Å²) >= 11 is 1.26. The maximum absolute atomic E-state index is 13.4. The second-order valence-electron chi connectivity index (χ2n) is 7.92.